The van der Waals surface area contributed by atoms with E-state index in [1.54, 1.807) is 4.90 Å². The number of amides is 1. The van der Waals surface area contributed by atoms with Crippen LogP contribution in [0.4, 0.5) is 0 Å². The second-order valence-corrected chi connectivity index (χ2v) is 4.89. The minimum Gasteiger partial charge on any atom is -0.364 e. The summed E-state index contributed by atoms with van der Waals surface area (Å²) < 4.78 is 0. The van der Waals surface area contributed by atoms with Crippen LogP contribution >= 0.6 is 0 Å². The largest absolute Gasteiger partial charge is 0.364 e. The Morgan fingerprint density at radius 2 is 1.79 bits per heavy atom. The molecule has 0 saturated heterocycles. The molecule has 19 heavy (non-hydrogen) atoms. The number of unbranched alkanes of at least 4 members (excludes halogenated alkanes) is 2. The highest BCUT2D eigenvalue weighted by atomic mass is 16.2. The third-order valence-electron chi connectivity index (χ3n) is 3.14. The van der Waals surface area contributed by atoms with Crippen LogP contribution in [0, 0.1) is 6.92 Å². The fourth-order valence-electron chi connectivity index (χ4n) is 1.92. The molecule has 0 aliphatic heterocycles. The molecule has 0 unspecified atom stereocenters. The molecule has 0 aromatic carbocycles. The average molecular weight is 264 g/mol. The number of carbonyl (C=O) groups excluding carboxylic acids is 1. The predicted octanol–water partition coefficient (Wildman–Crippen LogP) is 2.73. The first-order valence-corrected chi connectivity index (χ1v) is 7.08. The van der Waals surface area contributed by atoms with Gasteiger partial charge >= 0.3 is 0 Å². The average Bonchev–Trinajstić information content (AvgIpc) is 2.38. The molecule has 4 heteroatoms. The summed E-state index contributed by atoms with van der Waals surface area (Å²) >= 11 is 0. The molecule has 0 aliphatic carbocycles. The lowest BCUT2D eigenvalue weighted by atomic mass is 10.2. The first-order valence-electron chi connectivity index (χ1n) is 7.08. The van der Waals surface area contributed by atoms with Gasteiger partial charge in [-0.25, -0.2) is 0 Å². The second-order valence-electron chi connectivity index (χ2n) is 4.89. The Morgan fingerprint density at radius 1 is 1.21 bits per heavy atom. The van der Waals surface area contributed by atoms with Crippen molar-refractivity contribution in [2.45, 2.75) is 46.5 Å². The van der Waals surface area contributed by atoms with Crippen LogP contribution in [0.2, 0.25) is 0 Å². The molecule has 4 nitrogen and oxygen atoms in total. The molecule has 1 heterocycles. The Balaban J connectivity index is 2.87. The molecule has 1 amide bonds. The van der Waals surface area contributed by atoms with E-state index in [1.165, 1.54) is 12.3 Å². The van der Waals surface area contributed by atoms with Crippen LogP contribution in [0.25, 0.3) is 0 Å². The lowest BCUT2D eigenvalue weighted by molar-refractivity contribution is 0.0749. The number of nitrogens with zero attached hydrogens (tertiary/aromatic N) is 1. The molecule has 0 bridgehead atoms. The summed E-state index contributed by atoms with van der Waals surface area (Å²) in [6.45, 7) is 7.45. The van der Waals surface area contributed by atoms with E-state index in [0.717, 1.165) is 44.5 Å². The Hall–Kier alpha value is -1.58. The number of pyridine rings is 1. The van der Waals surface area contributed by atoms with Crippen molar-refractivity contribution in [3.05, 3.63) is 33.7 Å². The van der Waals surface area contributed by atoms with E-state index in [0.29, 0.717) is 0 Å². The van der Waals surface area contributed by atoms with Crippen LogP contribution in [0.1, 0.15) is 55.6 Å². The molecule has 0 spiro atoms. The minimum atomic E-state index is -0.195. The van der Waals surface area contributed by atoms with Crippen LogP contribution in [0.5, 0.6) is 0 Å². The maximum atomic E-state index is 12.4. The number of aromatic amines is 1. The number of carbonyl (C=O) groups is 1. The predicted molar refractivity (Wildman–Crippen MR) is 77.5 cm³/mol. The van der Waals surface area contributed by atoms with Gasteiger partial charge in [0.1, 0.15) is 5.56 Å². The molecular formula is C15H24N2O2. The second kappa shape index (κ2) is 7.77. The van der Waals surface area contributed by atoms with Crippen molar-refractivity contribution < 1.29 is 4.79 Å². The van der Waals surface area contributed by atoms with Crippen molar-refractivity contribution in [1.29, 1.82) is 0 Å². The van der Waals surface area contributed by atoms with Gasteiger partial charge in [0, 0.05) is 31.0 Å². The van der Waals surface area contributed by atoms with E-state index < -0.39 is 0 Å². The highest BCUT2D eigenvalue weighted by molar-refractivity contribution is 5.93. The molecule has 1 aromatic heterocycles. The minimum absolute atomic E-state index is 0.150. The zero-order chi connectivity index (χ0) is 14.3. The smallest absolute Gasteiger partial charge is 0.259 e. The quantitative estimate of drug-likeness (QED) is 0.823. The Morgan fingerprint density at radius 3 is 2.26 bits per heavy atom. The van der Waals surface area contributed by atoms with Crippen molar-refractivity contribution in [3.8, 4) is 0 Å². The summed E-state index contributed by atoms with van der Waals surface area (Å²) in [6, 6.07) is 1.48. The molecule has 1 N–H and O–H groups in total. The van der Waals surface area contributed by atoms with Crippen LogP contribution in [0.15, 0.2) is 17.1 Å². The van der Waals surface area contributed by atoms with Crippen LogP contribution < -0.4 is 5.43 Å². The van der Waals surface area contributed by atoms with Crippen molar-refractivity contribution in [2.75, 3.05) is 13.1 Å². The molecule has 106 valence electrons. The molecule has 1 rings (SSSR count). The highest BCUT2D eigenvalue weighted by Crippen LogP contribution is 2.05. The van der Waals surface area contributed by atoms with Gasteiger partial charge in [-0.15, -0.1) is 0 Å². The highest BCUT2D eigenvalue weighted by Gasteiger charge is 2.17. The van der Waals surface area contributed by atoms with Gasteiger partial charge in [0.2, 0.25) is 0 Å². The summed E-state index contributed by atoms with van der Waals surface area (Å²) in [5.74, 6) is -0.150. The Kier molecular flexibility index (Phi) is 6.33. The first-order chi connectivity index (χ1) is 9.10. The van der Waals surface area contributed by atoms with E-state index in [2.05, 4.69) is 18.8 Å². The summed E-state index contributed by atoms with van der Waals surface area (Å²) in [5.41, 5.74) is 0.826. The number of hydrogen-bond donors (Lipinski definition) is 1. The van der Waals surface area contributed by atoms with E-state index in [-0.39, 0.29) is 16.9 Å². The zero-order valence-corrected chi connectivity index (χ0v) is 12.2. The number of H-pyrrole nitrogens is 1. The molecule has 0 fully saturated rings. The third-order valence-corrected chi connectivity index (χ3v) is 3.14. The summed E-state index contributed by atoms with van der Waals surface area (Å²) in [7, 11) is 0. The Labute approximate surface area is 114 Å². The maximum absolute atomic E-state index is 12.4. The lowest BCUT2D eigenvalue weighted by Crippen LogP contribution is -2.35. The van der Waals surface area contributed by atoms with Crippen LogP contribution in [0.3, 0.4) is 0 Å². The molecular weight excluding hydrogens is 240 g/mol. The normalized spacial score (nSPS) is 10.5. The van der Waals surface area contributed by atoms with Crippen molar-refractivity contribution in [1.82, 2.24) is 9.88 Å². The van der Waals surface area contributed by atoms with E-state index in [1.807, 2.05) is 6.92 Å². The number of aromatic nitrogens is 1. The van der Waals surface area contributed by atoms with Gasteiger partial charge in [0.25, 0.3) is 5.91 Å². The fraction of sp³-hybridized carbons (Fsp3) is 0.600. The van der Waals surface area contributed by atoms with Gasteiger partial charge < -0.3 is 9.88 Å². The van der Waals surface area contributed by atoms with E-state index in [9.17, 15) is 9.59 Å². The molecule has 0 saturated carbocycles. The summed E-state index contributed by atoms with van der Waals surface area (Å²) in [4.78, 5) is 29.0. The van der Waals surface area contributed by atoms with Gasteiger partial charge in [-0.05, 0) is 19.8 Å². The van der Waals surface area contributed by atoms with Gasteiger partial charge in [-0.3, -0.25) is 9.59 Å². The molecule has 0 radical (unpaired) electrons. The Bertz CT molecular complexity index is 457. The topological polar surface area (TPSA) is 53.2 Å². The standard InChI is InChI=1S/C15H24N2O2/c1-4-6-8-17(9-7-5-2)15(19)13-11-16-12(3)10-14(13)18/h10-11H,4-9H2,1-3H3,(H,16,18). The molecule has 0 atom stereocenters. The van der Waals surface area contributed by atoms with Gasteiger partial charge in [-0.2, -0.15) is 0 Å². The van der Waals surface area contributed by atoms with Gasteiger partial charge in [0.05, 0.1) is 0 Å². The summed E-state index contributed by atoms with van der Waals surface area (Å²) in [6.07, 6.45) is 5.56. The van der Waals surface area contributed by atoms with Crippen molar-refractivity contribution in [2.24, 2.45) is 0 Å². The van der Waals surface area contributed by atoms with E-state index in [4.69, 9.17) is 0 Å². The zero-order valence-electron chi connectivity index (χ0n) is 12.2. The van der Waals surface area contributed by atoms with Crippen LogP contribution in [-0.4, -0.2) is 28.9 Å². The van der Waals surface area contributed by atoms with Gasteiger partial charge in [0.15, 0.2) is 5.43 Å². The number of hydrogen-bond acceptors (Lipinski definition) is 2. The monoisotopic (exact) mass is 264 g/mol. The number of nitrogens with one attached hydrogen (secondary N) is 1. The first kappa shape index (κ1) is 15.5. The third kappa shape index (κ3) is 4.54. The van der Waals surface area contributed by atoms with Crippen LogP contribution in [-0.2, 0) is 0 Å². The summed E-state index contributed by atoms with van der Waals surface area (Å²) in [5, 5.41) is 0. The maximum Gasteiger partial charge on any atom is 0.259 e. The molecule has 1 aromatic rings. The molecule has 0 aliphatic rings. The van der Waals surface area contributed by atoms with Crippen molar-refractivity contribution >= 4 is 5.91 Å². The lowest BCUT2D eigenvalue weighted by Gasteiger charge is -2.22. The van der Waals surface area contributed by atoms with Crippen molar-refractivity contribution in [3.63, 3.8) is 0 Å². The van der Waals surface area contributed by atoms with E-state index >= 15 is 0 Å². The number of rotatable bonds is 7. The number of aryl methyl sites for hydroxylation is 1. The fourth-order valence-corrected chi connectivity index (χ4v) is 1.92. The SMILES string of the molecule is CCCCN(CCCC)C(=O)c1c[nH]c(C)cc1=O. The van der Waals surface area contributed by atoms with Gasteiger partial charge in [-0.1, -0.05) is 26.7 Å².